The number of nitrogens with one attached hydrogen (secondary N) is 2. The van der Waals surface area contributed by atoms with Crippen molar-refractivity contribution in [3.8, 4) is 0 Å². The van der Waals surface area contributed by atoms with Crippen molar-refractivity contribution in [1.82, 2.24) is 10.6 Å². The lowest BCUT2D eigenvalue weighted by atomic mass is 10.0. The average Bonchev–Trinajstić information content (AvgIpc) is 3.04. The maximum absolute atomic E-state index is 12.2. The van der Waals surface area contributed by atoms with Gasteiger partial charge in [0.1, 0.15) is 0 Å². The first-order valence-electron chi connectivity index (χ1n) is 20.1. The molecule has 0 unspecified atom stereocenters. The van der Waals surface area contributed by atoms with Crippen LogP contribution in [0, 0.1) is 0 Å². The van der Waals surface area contributed by atoms with Crippen LogP contribution in [0.2, 0.25) is 0 Å². The molecule has 0 aromatic carbocycles. The summed E-state index contributed by atoms with van der Waals surface area (Å²) in [7, 11) is 0. The molecule has 0 aliphatic rings. The molecule has 0 fully saturated rings. The lowest BCUT2D eigenvalue weighted by Crippen LogP contribution is -2.32. The summed E-state index contributed by atoms with van der Waals surface area (Å²) < 4.78 is 0. The highest BCUT2D eigenvalue weighted by Crippen LogP contribution is 2.14. The number of hydrogen-bond acceptors (Lipinski definition) is 2. The molecule has 0 aliphatic heterocycles. The molecule has 2 N–H and O–H groups in total. The third-order valence-corrected chi connectivity index (χ3v) is 8.84. The summed E-state index contributed by atoms with van der Waals surface area (Å²) in [5.41, 5.74) is 0. The number of allylic oxidation sites excluding steroid dienone is 6. The van der Waals surface area contributed by atoms with E-state index in [-0.39, 0.29) is 17.9 Å². The Morgan fingerprint density at radius 2 is 0.891 bits per heavy atom. The van der Waals surface area contributed by atoms with Gasteiger partial charge in [0.15, 0.2) is 0 Å². The van der Waals surface area contributed by atoms with Crippen LogP contribution in [0.3, 0.4) is 0 Å². The van der Waals surface area contributed by atoms with Gasteiger partial charge in [0.05, 0.1) is 0 Å². The summed E-state index contributed by atoms with van der Waals surface area (Å²) in [6.45, 7) is 7.36. The fourth-order valence-electron chi connectivity index (χ4n) is 5.81. The first-order chi connectivity index (χ1) is 22.6. The van der Waals surface area contributed by atoms with E-state index in [1.807, 2.05) is 0 Å². The number of rotatable bonds is 35. The van der Waals surface area contributed by atoms with E-state index in [4.69, 9.17) is 0 Å². The molecule has 0 aliphatic carbocycles. The van der Waals surface area contributed by atoms with Crippen LogP contribution in [-0.2, 0) is 9.59 Å². The van der Waals surface area contributed by atoms with Gasteiger partial charge in [0.25, 0.3) is 0 Å². The molecule has 0 rings (SSSR count). The summed E-state index contributed by atoms with van der Waals surface area (Å²) in [5.74, 6) is 0.363. The Hall–Kier alpha value is -1.84. The van der Waals surface area contributed by atoms with E-state index in [0.29, 0.717) is 12.8 Å². The third kappa shape index (κ3) is 36.6. The first kappa shape index (κ1) is 44.2. The van der Waals surface area contributed by atoms with Crippen molar-refractivity contribution in [2.75, 3.05) is 6.54 Å². The Morgan fingerprint density at radius 1 is 0.478 bits per heavy atom. The summed E-state index contributed by atoms with van der Waals surface area (Å²) in [6.07, 6.45) is 48.2. The molecule has 1 atom stereocenters. The predicted molar refractivity (Wildman–Crippen MR) is 203 cm³/mol. The van der Waals surface area contributed by atoms with Gasteiger partial charge in [-0.15, -0.1) is 0 Å². The number of amides is 2. The molecule has 0 saturated heterocycles. The zero-order valence-corrected chi connectivity index (χ0v) is 31.1. The molecule has 0 heterocycles. The van der Waals surface area contributed by atoms with Gasteiger partial charge >= 0.3 is 0 Å². The summed E-state index contributed by atoms with van der Waals surface area (Å²) in [4.78, 5) is 24.4. The quantitative estimate of drug-likeness (QED) is 0.0534. The second-order valence-electron chi connectivity index (χ2n) is 13.6. The van der Waals surface area contributed by atoms with Crippen molar-refractivity contribution < 1.29 is 9.59 Å². The van der Waals surface area contributed by atoms with E-state index in [0.717, 1.165) is 64.3 Å². The van der Waals surface area contributed by atoms with Gasteiger partial charge in [0, 0.05) is 25.4 Å². The molecule has 46 heavy (non-hydrogen) atoms. The number of carbonyl (C=O) groups excluding carboxylic acids is 2. The van der Waals surface area contributed by atoms with Crippen LogP contribution in [0.15, 0.2) is 36.5 Å². The van der Waals surface area contributed by atoms with Crippen molar-refractivity contribution in [2.45, 2.75) is 213 Å². The highest BCUT2D eigenvalue weighted by molar-refractivity contribution is 5.76. The molecule has 0 spiro atoms. The van der Waals surface area contributed by atoms with Crippen LogP contribution < -0.4 is 10.6 Å². The third-order valence-electron chi connectivity index (χ3n) is 8.84. The fourth-order valence-corrected chi connectivity index (χ4v) is 5.81. The highest BCUT2D eigenvalue weighted by atomic mass is 16.2. The molecule has 4 heteroatoms. The molecule has 4 nitrogen and oxygen atoms in total. The zero-order valence-electron chi connectivity index (χ0n) is 31.1. The van der Waals surface area contributed by atoms with E-state index >= 15 is 0 Å². The first-order valence-corrected chi connectivity index (χ1v) is 20.1. The number of carbonyl (C=O) groups is 2. The summed E-state index contributed by atoms with van der Waals surface area (Å²) >= 11 is 0. The van der Waals surface area contributed by atoms with E-state index in [2.05, 4.69) is 67.9 Å². The van der Waals surface area contributed by atoms with Gasteiger partial charge in [-0.1, -0.05) is 153 Å². The number of hydrogen-bond donors (Lipinski definition) is 2. The highest BCUT2D eigenvalue weighted by Gasteiger charge is 2.07. The van der Waals surface area contributed by atoms with E-state index in [9.17, 15) is 9.59 Å². The van der Waals surface area contributed by atoms with Crippen LogP contribution in [0.25, 0.3) is 0 Å². The van der Waals surface area contributed by atoms with Gasteiger partial charge in [-0.2, -0.15) is 0 Å². The lowest BCUT2D eigenvalue weighted by molar-refractivity contribution is -0.122. The van der Waals surface area contributed by atoms with Crippen molar-refractivity contribution in [1.29, 1.82) is 0 Å². The minimum absolute atomic E-state index is 0.166. The molecule has 0 saturated carbocycles. The second kappa shape index (κ2) is 37.6. The Balaban J connectivity index is 3.46. The minimum atomic E-state index is 0.166. The fraction of sp³-hybridized carbons (Fsp3) is 0.810. The predicted octanol–water partition coefficient (Wildman–Crippen LogP) is 12.6. The van der Waals surface area contributed by atoms with Crippen molar-refractivity contribution in [3.05, 3.63) is 36.5 Å². The lowest BCUT2D eigenvalue weighted by Gasteiger charge is -2.14. The van der Waals surface area contributed by atoms with Crippen LogP contribution in [-0.4, -0.2) is 24.4 Å². The van der Waals surface area contributed by atoms with Gasteiger partial charge in [-0.25, -0.2) is 0 Å². The van der Waals surface area contributed by atoms with E-state index in [1.165, 1.54) is 116 Å². The van der Waals surface area contributed by atoms with Gasteiger partial charge in [0.2, 0.25) is 11.8 Å². The Labute approximate surface area is 287 Å². The topological polar surface area (TPSA) is 58.2 Å². The molecule has 0 aromatic heterocycles. The zero-order chi connectivity index (χ0) is 33.6. The SMILES string of the molecule is CCCCC/C=C\C/C=C\C/C=C\CCCCC(=O)N[C@H](C)CCCCNC(=O)CCCCCCCCCCCCCCCCC. The molecule has 2 amide bonds. The smallest absolute Gasteiger partial charge is 0.220 e. The monoisotopic (exact) mass is 643 g/mol. The normalized spacial score (nSPS) is 12.5. The average molecular weight is 643 g/mol. The van der Waals surface area contributed by atoms with Crippen LogP contribution in [0.5, 0.6) is 0 Å². The van der Waals surface area contributed by atoms with Crippen LogP contribution >= 0.6 is 0 Å². The summed E-state index contributed by atoms with van der Waals surface area (Å²) in [5, 5.41) is 6.22. The van der Waals surface area contributed by atoms with Crippen molar-refractivity contribution >= 4 is 11.8 Å². The Kier molecular flexibility index (Phi) is 36.1. The second-order valence-corrected chi connectivity index (χ2v) is 13.6. The van der Waals surface area contributed by atoms with Gasteiger partial charge in [-0.05, 0) is 77.6 Å². The summed E-state index contributed by atoms with van der Waals surface area (Å²) in [6, 6.07) is 0.196. The molecule has 268 valence electrons. The number of unbranched alkanes of at least 4 members (excludes halogenated alkanes) is 20. The molecule has 0 bridgehead atoms. The molecule has 0 aromatic rings. The molecule has 0 radical (unpaired) electrons. The van der Waals surface area contributed by atoms with Crippen molar-refractivity contribution in [2.24, 2.45) is 0 Å². The van der Waals surface area contributed by atoms with Gasteiger partial charge in [-0.3, -0.25) is 9.59 Å². The Bertz CT molecular complexity index is 742. The molecular weight excluding hydrogens is 564 g/mol. The standard InChI is InChI=1S/C42H78N2O2/c1-4-6-8-10-12-14-16-18-20-22-24-26-28-30-32-37-41(45)43-39-35-34-36-40(3)44-42(46)38-33-31-29-27-25-23-21-19-17-15-13-11-9-7-5-2/h13,15,19,21,25,27,40H,4-12,14,16-18,20,22-24,26,28-39H2,1-3H3,(H,43,45)(H,44,46)/b15-13-,21-19-,27-25-/t40-/m1/s1. The van der Waals surface area contributed by atoms with Crippen LogP contribution in [0.1, 0.15) is 207 Å². The largest absolute Gasteiger partial charge is 0.356 e. The Morgan fingerprint density at radius 3 is 1.43 bits per heavy atom. The van der Waals surface area contributed by atoms with Crippen LogP contribution in [0.4, 0.5) is 0 Å². The maximum Gasteiger partial charge on any atom is 0.220 e. The van der Waals surface area contributed by atoms with E-state index < -0.39 is 0 Å². The van der Waals surface area contributed by atoms with E-state index in [1.54, 1.807) is 0 Å². The van der Waals surface area contributed by atoms with Gasteiger partial charge < -0.3 is 10.6 Å². The molecular formula is C42H78N2O2. The van der Waals surface area contributed by atoms with Crippen molar-refractivity contribution in [3.63, 3.8) is 0 Å². The maximum atomic E-state index is 12.2. The minimum Gasteiger partial charge on any atom is -0.356 e.